The Morgan fingerprint density at radius 3 is 2.71 bits per heavy atom. The molecule has 8 nitrogen and oxygen atoms in total. The first-order valence-electron chi connectivity index (χ1n) is 12.2. The third-order valence-corrected chi connectivity index (χ3v) is 9.84. The maximum absolute atomic E-state index is 13.8. The van der Waals surface area contributed by atoms with Crippen LogP contribution < -0.4 is 9.64 Å². The van der Waals surface area contributed by atoms with Crippen molar-refractivity contribution in [2.45, 2.75) is 30.0 Å². The second kappa shape index (κ2) is 12.3. The number of aliphatic hydroxyl groups is 1. The second-order valence-corrected chi connectivity index (χ2v) is 13.1. The Balaban J connectivity index is 1.52. The van der Waals surface area contributed by atoms with Gasteiger partial charge in [0.05, 0.1) is 27.2 Å². The number of carbonyl (C=O) groups excluding carboxylic acids is 2. The molecule has 41 heavy (non-hydrogen) atoms. The molecule has 2 aromatic heterocycles. The fraction of sp³-hybridized carbons (Fsp3) is 0.179. The average molecular weight is 646 g/mol. The first-order valence-corrected chi connectivity index (χ1v) is 15.5. The Morgan fingerprint density at radius 1 is 1.20 bits per heavy atom. The number of hydrogen-bond donors (Lipinski definition) is 1. The number of aromatic nitrogens is 3. The van der Waals surface area contributed by atoms with Gasteiger partial charge < -0.3 is 9.84 Å². The van der Waals surface area contributed by atoms with Gasteiger partial charge in [0.2, 0.25) is 10.9 Å². The van der Waals surface area contributed by atoms with Crippen molar-refractivity contribution in [3.8, 4) is 5.75 Å². The van der Waals surface area contributed by atoms with Gasteiger partial charge in [0.15, 0.2) is 10.1 Å². The lowest BCUT2D eigenvalue weighted by Crippen LogP contribution is -2.31. The van der Waals surface area contributed by atoms with Gasteiger partial charge in [-0.05, 0) is 49.2 Å². The highest BCUT2D eigenvalue weighted by Crippen LogP contribution is 2.45. The van der Waals surface area contributed by atoms with Gasteiger partial charge in [0.1, 0.15) is 12.4 Å². The largest absolute Gasteiger partial charge is 0.503 e. The molecule has 0 radical (unpaired) electrons. The molecule has 0 saturated carbocycles. The normalized spacial score (nSPS) is 15.1. The molecule has 4 aromatic rings. The first kappa shape index (κ1) is 29.3. The molecule has 1 aliphatic heterocycles. The number of halogens is 2. The summed E-state index contributed by atoms with van der Waals surface area (Å²) in [4.78, 5) is 33.4. The molecule has 1 atom stereocenters. The smallest absolute Gasteiger partial charge is 0.296 e. The summed E-state index contributed by atoms with van der Waals surface area (Å²) in [5.41, 5.74) is 1.90. The molecule has 1 unspecified atom stereocenters. The van der Waals surface area contributed by atoms with Crippen LogP contribution in [0.4, 0.5) is 5.13 Å². The quantitative estimate of drug-likeness (QED) is 0.0816. The fourth-order valence-corrected chi connectivity index (χ4v) is 7.58. The highest BCUT2D eigenvalue weighted by Gasteiger charge is 2.46. The molecule has 0 saturated heterocycles. The molecule has 0 aliphatic carbocycles. The fourth-order valence-electron chi connectivity index (χ4n) is 4.28. The minimum Gasteiger partial charge on any atom is -0.503 e. The molecule has 210 valence electrons. The summed E-state index contributed by atoms with van der Waals surface area (Å²) >= 11 is 16.1. The van der Waals surface area contributed by atoms with Gasteiger partial charge in [-0.25, -0.2) is 4.98 Å². The van der Waals surface area contributed by atoms with Crippen molar-refractivity contribution < 1.29 is 19.4 Å². The molecule has 3 heterocycles. The zero-order valence-corrected chi connectivity index (χ0v) is 25.7. The number of ketones is 1. The number of amides is 1. The second-order valence-electron chi connectivity index (χ2n) is 8.86. The number of ether oxygens (including phenoxy) is 1. The summed E-state index contributed by atoms with van der Waals surface area (Å²) in [7, 11) is 0. The van der Waals surface area contributed by atoms with Crippen LogP contribution in [0.2, 0.25) is 10.0 Å². The number of carbonyl (C=O) groups is 2. The summed E-state index contributed by atoms with van der Waals surface area (Å²) in [6, 6.07) is 11.3. The molecule has 1 amide bonds. The van der Waals surface area contributed by atoms with Gasteiger partial charge in [-0.2, -0.15) is 0 Å². The van der Waals surface area contributed by atoms with E-state index < -0.39 is 23.5 Å². The van der Waals surface area contributed by atoms with Gasteiger partial charge in [-0.15, -0.1) is 21.5 Å². The van der Waals surface area contributed by atoms with E-state index in [1.165, 1.54) is 39.3 Å². The van der Waals surface area contributed by atoms with Crippen molar-refractivity contribution in [3.05, 3.63) is 103 Å². The van der Waals surface area contributed by atoms with Crippen LogP contribution in [0.15, 0.2) is 70.8 Å². The number of anilines is 1. The molecular weight excluding hydrogens is 623 g/mol. The molecule has 2 aromatic carbocycles. The number of thioether (sulfide) groups is 1. The molecule has 5 rings (SSSR count). The lowest BCUT2D eigenvalue weighted by atomic mass is 9.95. The molecule has 0 spiro atoms. The van der Waals surface area contributed by atoms with E-state index in [-0.39, 0.29) is 17.3 Å². The van der Waals surface area contributed by atoms with Crippen LogP contribution in [0.5, 0.6) is 5.75 Å². The molecule has 0 bridgehead atoms. The van der Waals surface area contributed by atoms with E-state index in [0.29, 0.717) is 47.0 Å². The van der Waals surface area contributed by atoms with Gasteiger partial charge in [-0.1, -0.05) is 77.2 Å². The molecular formula is C28H22Cl2N4O4S3. The number of hydrogen-bond acceptors (Lipinski definition) is 10. The van der Waals surface area contributed by atoms with Crippen molar-refractivity contribution in [1.82, 2.24) is 15.2 Å². The minimum atomic E-state index is -0.972. The Labute approximate surface area is 258 Å². The maximum Gasteiger partial charge on any atom is 0.296 e. The van der Waals surface area contributed by atoms with Crippen molar-refractivity contribution in [3.63, 3.8) is 0 Å². The summed E-state index contributed by atoms with van der Waals surface area (Å²) in [6.45, 7) is 7.47. The molecule has 13 heteroatoms. The summed E-state index contributed by atoms with van der Waals surface area (Å²) < 4.78 is 6.28. The highest BCUT2D eigenvalue weighted by atomic mass is 35.5. The Bertz CT molecular complexity index is 1700. The number of benzene rings is 2. The molecule has 0 fully saturated rings. The number of Topliss-reactive ketones (excluding diaryl/α,β-unsaturated/α-hetero) is 1. The third kappa shape index (κ3) is 6.05. The number of aliphatic hydroxyl groups excluding tert-OH is 1. The SMILES string of the molecule is C=CCOc1cccc(C2C(C(=O)c3sc(C)nc3C)=C(O)C(=O)N2c2nnc(SCc3ccc(Cl)cc3Cl)s2)c1. The van der Waals surface area contributed by atoms with Crippen LogP contribution in [-0.4, -0.2) is 38.6 Å². The van der Waals surface area contributed by atoms with Crippen LogP contribution in [0.1, 0.15) is 37.5 Å². The van der Waals surface area contributed by atoms with Gasteiger partial charge in [0.25, 0.3) is 5.91 Å². The van der Waals surface area contributed by atoms with E-state index >= 15 is 0 Å². The highest BCUT2D eigenvalue weighted by molar-refractivity contribution is 8.00. The predicted molar refractivity (Wildman–Crippen MR) is 164 cm³/mol. The van der Waals surface area contributed by atoms with Crippen LogP contribution >= 0.6 is 57.6 Å². The van der Waals surface area contributed by atoms with Crippen molar-refractivity contribution in [1.29, 1.82) is 0 Å². The monoisotopic (exact) mass is 644 g/mol. The van der Waals surface area contributed by atoms with E-state index in [2.05, 4.69) is 21.8 Å². The number of aryl methyl sites for hydroxylation is 2. The number of thiazole rings is 1. The Morgan fingerprint density at radius 2 is 2.00 bits per heavy atom. The third-order valence-electron chi connectivity index (χ3n) is 6.07. The topological polar surface area (TPSA) is 106 Å². The Hall–Kier alpha value is -3.22. The summed E-state index contributed by atoms with van der Waals surface area (Å²) in [6.07, 6.45) is 1.62. The van der Waals surface area contributed by atoms with Crippen LogP contribution in [-0.2, 0) is 10.5 Å². The first-order chi connectivity index (χ1) is 19.7. The lowest BCUT2D eigenvalue weighted by Gasteiger charge is -2.24. The standard InChI is InChI=1S/C28H22Cl2N4O4S3/c1-4-10-38-19-7-5-6-16(11-19)22-21(23(35)25-14(2)31-15(3)40-25)24(36)26(37)34(22)27-32-33-28(41-27)39-13-17-8-9-18(29)12-20(17)30/h4-9,11-12,22,36H,1,10,13H2,2-3H3. The number of nitrogens with zero attached hydrogens (tertiary/aromatic N) is 4. The van der Waals surface area contributed by atoms with Crippen LogP contribution in [0.25, 0.3) is 0 Å². The van der Waals surface area contributed by atoms with Crippen molar-refractivity contribution in [2.75, 3.05) is 11.5 Å². The summed E-state index contributed by atoms with van der Waals surface area (Å²) in [5.74, 6) is -0.836. The zero-order valence-electron chi connectivity index (χ0n) is 21.8. The average Bonchev–Trinajstić information content (AvgIpc) is 3.62. The Kier molecular flexibility index (Phi) is 8.81. The van der Waals surface area contributed by atoms with Crippen LogP contribution in [0, 0.1) is 13.8 Å². The zero-order chi connectivity index (χ0) is 29.3. The molecule has 1 N–H and O–H groups in total. The van der Waals surface area contributed by atoms with E-state index in [9.17, 15) is 14.7 Å². The van der Waals surface area contributed by atoms with Gasteiger partial charge in [-0.3, -0.25) is 14.5 Å². The van der Waals surface area contributed by atoms with Gasteiger partial charge >= 0.3 is 0 Å². The van der Waals surface area contributed by atoms with E-state index in [0.717, 1.165) is 5.56 Å². The van der Waals surface area contributed by atoms with E-state index in [1.54, 1.807) is 56.3 Å². The lowest BCUT2D eigenvalue weighted by molar-refractivity contribution is -0.117. The summed E-state index contributed by atoms with van der Waals surface area (Å²) in [5, 5.41) is 21.6. The van der Waals surface area contributed by atoms with E-state index in [4.69, 9.17) is 27.9 Å². The van der Waals surface area contributed by atoms with Crippen molar-refractivity contribution in [2.24, 2.45) is 0 Å². The van der Waals surface area contributed by atoms with Crippen LogP contribution in [0.3, 0.4) is 0 Å². The predicted octanol–water partition coefficient (Wildman–Crippen LogP) is 7.56. The van der Waals surface area contributed by atoms with Crippen molar-refractivity contribution >= 4 is 74.5 Å². The maximum atomic E-state index is 13.8. The van der Waals surface area contributed by atoms with Gasteiger partial charge in [0, 0.05) is 15.8 Å². The minimum absolute atomic E-state index is 0.0556. The van der Waals surface area contributed by atoms with E-state index in [1.807, 2.05) is 6.07 Å². The molecule has 1 aliphatic rings. The number of rotatable bonds is 10.